The summed E-state index contributed by atoms with van der Waals surface area (Å²) >= 11 is 7.01. The first-order chi connectivity index (χ1) is 9.58. The first kappa shape index (κ1) is 14.5. The van der Waals surface area contributed by atoms with Gasteiger partial charge in [-0.25, -0.2) is 4.98 Å². The number of hydrogen-bond donors (Lipinski definition) is 1. The molecule has 2 aromatic rings. The van der Waals surface area contributed by atoms with Gasteiger partial charge in [-0.1, -0.05) is 11.6 Å². The summed E-state index contributed by atoms with van der Waals surface area (Å²) in [6.07, 6.45) is 0.0871. The summed E-state index contributed by atoms with van der Waals surface area (Å²) in [5.41, 5.74) is 1.05. The molecule has 104 valence electrons. The molecule has 0 aliphatic heterocycles. The summed E-state index contributed by atoms with van der Waals surface area (Å²) in [6, 6.07) is 6.53. The van der Waals surface area contributed by atoms with Crippen molar-refractivity contribution in [2.45, 2.75) is 6.42 Å². The zero-order valence-electron chi connectivity index (χ0n) is 10.6. The number of nitrogens with zero attached hydrogens (tertiary/aromatic N) is 1. The van der Waals surface area contributed by atoms with Crippen LogP contribution in [0.4, 0.5) is 5.13 Å². The van der Waals surface area contributed by atoms with Crippen molar-refractivity contribution in [2.75, 3.05) is 12.4 Å². The quantitative estimate of drug-likeness (QED) is 0.882. The highest BCUT2D eigenvalue weighted by molar-refractivity contribution is 7.14. The third-order valence-electron chi connectivity index (χ3n) is 2.43. The molecule has 0 aliphatic rings. The second kappa shape index (κ2) is 6.49. The minimum Gasteiger partial charge on any atom is -0.469 e. The Labute approximate surface area is 124 Å². The zero-order valence-corrected chi connectivity index (χ0v) is 12.1. The van der Waals surface area contributed by atoms with Crippen molar-refractivity contribution in [3.63, 3.8) is 0 Å². The van der Waals surface area contributed by atoms with E-state index >= 15 is 0 Å². The van der Waals surface area contributed by atoms with Gasteiger partial charge in [-0.05, 0) is 24.3 Å². The molecule has 7 heteroatoms. The maximum absolute atomic E-state index is 11.9. The summed E-state index contributed by atoms with van der Waals surface area (Å²) in [4.78, 5) is 27.2. The maximum Gasteiger partial charge on any atom is 0.311 e. The van der Waals surface area contributed by atoms with Crippen molar-refractivity contribution in [3.8, 4) is 0 Å². The van der Waals surface area contributed by atoms with Gasteiger partial charge in [0.1, 0.15) is 0 Å². The summed E-state index contributed by atoms with van der Waals surface area (Å²) in [6.45, 7) is 0. The lowest BCUT2D eigenvalue weighted by molar-refractivity contribution is -0.139. The minimum absolute atomic E-state index is 0.0871. The van der Waals surface area contributed by atoms with E-state index in [1.165, 1.54) is 18.4 Å². The average Bonchev–Trinajstić information content (AvgIpc) is 2.86. The Morgan fingerprint density at radius 3 is 2.70 bits per heavy atom. The normalized spacial score (nSPS) is 10.1. The monoisotopic (exact) mass is 310 g/mol. The molecule has 20 heavy (non-hydrogen) atoms. The number of rotatable bonds is 4. The van der Waals surface area contributed by atoms with Crippen LogP contribution < -0.4 is 5.32 Å². The van der Waals surface area contributed by atoms with Gasteiger partial charge in [-0.15, -0.1) is 11.3 Å². The fraction of sp³-hybridized carbons (Fsp3) is 0.154. The molecule has 0 atom stereocenters. The van der Waals surface area contributed by atoms with E-state index in [0.29, 0.717) is 21.4 Å². The molecule has 1 aromatic carbocycles. The van der Waals surface area contributed by atoms with Crippen molar-refractivity contribution >= 4 is 39.9 Å². The Kier molecular flexibility index (Phi) is 4.70. The van der Waals surface area contributed by atoms with E-state index in [9.17, 15) is 9.59 Å². The number of esters is 1. The largest absolute Gasteiger partial charge is 0.469 e. The van der Waals surface area contributed by atoms with E-state index in [1.807, 2.05) is 0 Å². The minimum atomic E-state index is -0.370. The lowest BCUT2D eigenvalue weighted by atomic mass is 10.2. The van der Waals surface area contributed by atoms with E-state index in [0.717, 1.165) is 0 Å². The Morgan fingerprint density at radius 1 is 1.35 bits per heavy atom. The van der Waals surface area contributed by atoms with Crippen LogP contribution in [-0.4, -0.2) is 24.0 Å². The molecule has 1 aromatic heterocycles. The van der Waals surface area contributed by atoms with Gasteiger partial charge >= 0.3 is 5.97 Å². The fourth-order valence-corrected chi connectivity index (χ4v) is 2.27. The molecule has 2 rings (SSSR count). The van der Waals surface area contributed by atoms with Crippen molar-refractivity contribution in [1.29, 1.82) is 0 Å². The summed E-state index contributed by atoms with van der Waals surface area (Å²) in [5, 5.41) is 5.37. The maximum atomic E-state index is 11.9. The van der Waals surface area contributed by atoms with Gasteiger partial charge in [0.15, 0.2) is 5.13 Å². The second-order valence-corrected chi connectivity index (χ2v) is 5.15. The first-order valence-electron chi connectivity index (χ1n) is 5.66. The van der Waals surface area contributed by atoms with E-state index in [-0.39, 0.29) is 18.3 Å². The Balaban J connectivity index is 2.01. The first-order valence-corrected chi connectivity index (χ1v) is 6.92. The summed E-state index contributed by atoms with van der Waals surface area (Å²) in [5.74, 6) is -0.647. The lowest BCUT2D eigenvalue weighted by Crippen LogP contribution is -2.11. The molecule has 0 aliphatic carbocycles. The third kappa shape index (κ3) is 3.79. The molecule has 0 bridgehead atoms. The molecule has 0 radical (unpaired) electrons. The zero-order chi connectivity index (χ0) is 14.5. The van der Waals surface area contributed by atoms with E-state index < -0.39 is 0 Å². The smallest absolute Gasteiger partial charge is 0.311 e. The highest BCUT2D eigenvalue weighted by atomic mass is 35.5. The molecule has 0 spiro atoms. The topological polar surface area (TPSA) is 68.3 Å². The number of hydrogen-bond acceptors (Lipinski definition) is 5. The number of thiazole rings is 1. The number of nitrogens with one attached hydrogen (secondary N) is 1. The molecular weight excluding hydrogens is 300 g/mol. The van der Waals surface area contributed by atoms with Gasteiger partial charge in [-0.2, -0.15) is 0 Å². The predicted octanol–water partition coefficient (Wildman–Crippen LogP) is 2.76. The molecule has 0 saturated heterocycles. The highest BCUT2D eigenvalue weighted by Crippen LogP contribution is 2.17. The summed E-state index contributed by atoms with van der Waals surface area (Å²) in [7, 11) is 1.32. The third-order valence-corrected chi connectivity index (χ3v) is 3.49. The van der Waals surface area contributed by atoms with E-state index in [4.69, 9.17) is 11.6 Å². The van der Waals surface area contributed by atoms with Gasteiger partial charge in [0.25, 0.3) is 5.91 Å². The van der Waals surface area contributed by atoms with Crippen molar-refractivity contribution in [1.82, 2.24) is 4.98 Å². The fourth-order valence-electron chi connectivity index (χ4n) is 1.44. The van der Waals surface area contributed by atoms with E-state index in [2.05, 4.69) is 15.0 Å². The van der Waals surface area contributed by atoms with Gasteiger partial charge < -0.3 is 4.74 Å². The van der Waals surface area contributed by atoms with Crippen molar-refractivity contribution in [2.24, 2.45) is 0 Å². The van der Waals surface area contributed by atoms with Crippen LogP contribution in [0.2, 0.25) is 5.02 Å². The van der Waals surface area contributed by atoms with Crippen molar-refractivity contribution in [3.05, 3.63) is 45.9 Å². The highest BCUT2D eigenvalue weighted by Gasteiger charge is 2.11. The number of carbonyl (C=O) groups is 2. The molecular formula is C13H11ClN2O3S. The number of halogens is 1. The molecule has 1 amide bonds. The van der Waals surface area contributed by atoms with E-state index in [1.54, 1.807) is 29.6 Å². The lowest BCUT2D eigenvalue weighted by Gasteiger charge is -2.01. The van der Waals surface area contributed by atoms with Crippen LogP contribution in [0.25, 0.3) is 0 Å². The Morgan fingerprint density at radius 2 is 2.05 bits per heavy atom. The van der Waals surface area contributed by atoms with Gasteiger partial charge in [0.05, 0.1) is 19.2 Å². The van der Waals surface area contributed by atoms with Crippen LogP contribution >= 0.6 is 22.9 Å². The number of anilines is 1. The number of ether oxygens (including phenoxy) is 1. The predicted molar refractivity (Wildman–Crippen MR) is 77.2 cm³/mol. The van der Waals surface area contributed by atoms with Crippen LogP contribution in [0.5, 0.6) is 0 Å². The van der Waals surface area contributed by atoms with Crippen LogP contribution in [0, 0.1) is 0 Å². The number of carbonyl (C=O) groups excluding carboxylic acids is 2. The van der Waals surface area contributed by atoms with Crippen LogP contribution in [0.3, 0.4) is 0 Å². The standard InChI is InChI=1S/C13H11ClN2O3S/c1-19-11(17)6-10-7-20-13(15-10)16-12(18)8-2-4-9(14)5-3-8/h2-5,7H,6H2,1H3,(H,15,16,18). The van der Waals surface area contributed by atoms with Crippen molar-refractivity contribution < 1.29 is 14.3 Å². The van der Waals surface area contributed by atoms with Gasteiger partial charge in [0.2, 0.25) is 0 Å². The number of benzene rings is 1. The van der Waals surface area contributed by atoms with Gasteiger partial charge in [0, 0.05) is 16.0 Å². The van der Waals surface area contributed by atoms with Crippen LogP contribution in [0.15, 0.2) is 29.6 Å². The van der Waals surface area contributed by atoms with Crippen LogP contribution in [-0.2, 0) is 16.0 Å². The molecule has 5 nitrogen and oxygen atoms in total. The average molecular weight is 311 g/mol. The Hall–Kier alpha value is -1.92. The SMILES string of the molecule is COC(=O)Cc1csc(NC(=O)c2ccc(Cl)cc2)n1. The summed E-state index contributed by atoms with van der Waals surface area (Å²) < 4.78 is 4.55. The molecule has 1 heterocycles. The second-order valence-electron chi connectivity index (χ2n) is 3.86. The number of aromatic nitrogens is 1. The van der Waals surface area contributed by atoms with Gasteiger partial charge in [-0.3, -0.25) is 14.9 Å². The number of methoxy groups -OCH3 is 1. The Bertz CT molecular complexity index is 625. The van der Waals surface area contributed by atoms with Crippen LogP contribution in [0.1, 0.15) is 16.1 Å². The number of amides is 1. The molecule has 0 saturated carbocycles. The molecule has 0 fully saturated rings. The molecule has 1 N–H and O–H groups in total. The molecule has 0 unspecified atom stereocenters.